The fraction of sp³-hybridized carbons (Fsp3) is 0.500. The topological polar surface area (TPSA) is 50.4 Å². The normalized spacial score (nSPS) is 18.6. The zero-order valence-corrected chi connectivity index (χ0v) is 10.7. The van der Waals surface area contributed by atoms with Gasteiger partial charge in [-0.05, 0) is 56.6 Å². The van der Waals surface area contributed by atoms with E-state index in [1.807, 2.05) is 19.1 Å². The van der Waals surface area contributed by atoms with Crippen LogP contribution in [0.5, 0.6) is 5.75 Å². The first-order valence-corrected chi connectivity index (χ1v) is 6.51. The van der Waals surface area contributed by atoms with E-state index < -0.39 is 0 Å². The number of carbonyl (C=O) groups is 1. The van der Waals surface area contributed by atoms with Crippen LogP contribution in [-0.4, -0.2) is 32.1 Å². The fourth-order valence-electron chi connectivity index (χ4n) is 2.10. The summed E-state index contributed by atoms with van der Waals surface area (Å²) >= 11 is 0. The zero-order chi connectivity index (χ0) is 12.8. The zero-order valence-electron chi connectivity index (χ0n) is 10.7. The van der Waals surface area contributed by atoms with Crippen molar-refractivity contribution in [2.24, 2.45) is 5.92 Å². The highest BCUT2D eigenvalue weighted by Gasteiger charge is 2.15. The minimum atomic E-state index is -0.00931. The Hall–Kier alpha value is -1.55. The van der Waals surface area contributed by atoms with Crippen LogP contribution >= 0.6 is 0 Å². The lowest BCUT2D eigenvalue weighted by Gasteiger charge is -2.10. The van der Waals surface area contributed by atoms with Crippen molar-refractivity contribution >= 4 is 5.91 Å². The van der Waals surface area contributed by atoms with Crippen molar-refractivity contribution in [1.82, 2.24) is 10.6 Å². The predicted molar refractivity (Wildman–Crippen MR) is 70.9 cm³/mol. The summed E-state index contributed by atoms with van der Waals surface area (Å²) in [6, 6.07) is 7.26. The van der Waals surface area contributed by atoms with Gasteiger partial charge in [-0.25, -0.2) is 0 Å². The Morgan fingerprint density at radius 2 is 2.22 bits per heavy atom. The molecule has 1 aromatic carbocycles. The van der Waals surface area contributed by atoms with Gasteiger partial charge in [0.05, 0.1) is 6.61 Å². The number of hydrogen-bond acceptors (Lipinski definition) is 3. The lowest BCUT2D eigenvalue weighted by atomic mass is 10.1. The minimum absolute atomic E-state index is 0.00931. The summed E-state index contributed by atoms with van der Waals surface area (Å²) in [5.74, 6) is 1.36. The lowest BCUT2D eigenvalue weighted by molar-refractivity contribution is 0.0948. The van der Waals surface area contributed by atoms with Crippen molar-refractivity contribution in [2.45, 2.75) is 13.3 Å². The Morgan fingerprint density at radius 1 is 1.44 bits per heavy atom. The van der Waals surface area contributed by atoms with Gasteiger partial charge in [0, 0.05) is 12.1 Å². The molecule has 1 heterocycles. The molecule has 0 spiro atoms. The average molecular weight is 248 g/mol. The van der Waals surface area contributed by atoms with E-state index >= 15 is 0 Å². The van der Waals surface area contributed by atoms with Gasteiger partial charge in [-0.15, -0.1) is 0 Å². The van der Waals surface area contributed by atoms with Gasteiger partial charge in [-0.3, -0.25) is 4.79 Å². The second-order valence-corrected chi connectivity index (χ2v) is 4.53. The van der Waals surface area contributed by atoms with Crippen LogP contribution in [0.1, 0.15) is 23.7 Å². The molecule has 0 radical (unpaired) electrons. The molecule has 0 bridgehead atoms. The highest BCUT2D eigenvalue weighted by atomic mass is 16.5. The van der Waals surface area contributed by atoms with E-state index in [1.54, 1.807) is 12.1 Å². The van der Waals surface area contributed by atoms with Crippen LogP contribution in [0.3, 0.4) is 0 Å². The Morgan fingerprint density at radius 3 is 2.83 bits per heavy atom. The average Bonchev–Trinajstić information content (AvgIpc) is 2.90. The minimum Gasteiger partial charge on any atom is -0.494 e. The molecule has 1 saturated heterocycles. The first-order valence-electron chi connectivity index (χ1n) is 6.51. The van der Waals surface area contributed by atoms with Gasteiger partial charge in [0.1, 0.15) is 5.75 Å². The standard InChI is InChI=1S/C14H20N2O2/c1-2-18-13-5-3-12(4-6-13)14(17)16-10-11-7-8-15-9-11/h3-6,11,15H,2,7-10H2,1H3,(H,16,17). The second kappa shape index (κ2) is 6.40. The second-order valence-electron chi connectivity index (χ2n) is 4.53. The molecule has 98 valence electrons. The van der Waals surface area contributed by atoms with Crippen LogP contribution in [-0.2, 0) is 0 Å². The molecule has 0 aliphatic carbocycles. The van der Waals surface area contributed by atoms with E-state index in [0.717, 1.165) is 31.8 Å². The highest BCUT2D eigenvalue weighted by molar-refractivity contribution is 5.94. The SMILES string of the molecule is CCOc1ccc(C(=O)NCC2CCNC2)cc1. The molecule has 4 nitrogen and oxygen atoms in total. The maximum atomic E-state index is 11.9. The molecule has 1 aliphatic heterocycles. The largest absolute Gasteiger partial charge is 0.494 e. The quantitative estimate of drug-likeness (QED) is 0.828. The molecule has 4 heteroatoms. The van der Waals surface area contributed by atoms with Crippen molar-refractivity contribution in [2.75, 3.05) is 26.2 Å². The molecule has 1 aliphatic rings. The molecule has 1 fully saturated rings. The van der Waals surface area contributed by atoms with Crippen molar-refractivity contribution in [1.29, 1.82) is 0 Å². The number of hydrogen-bond donors (Lipinski definition) is 2. The third-order valence-corrected chi connectivity index (χ3v) is 3.14. The Bertz CT molecular complexity index is 383. The van der Waals surface area contributed by atoms with Crippen LogP contribution in [0.15, 0.2) is 24.3 Å². The summed E-state index contributed by atoms with van der Waals surface area (Å²) in [4.78, 5) is 11.9. The third kappa shape index (κ3) is 3.47. The van der Waals surface area contributed by atoms with Gasteiger partial charge in [0.2, 0.25) is 0 Å². The number of amides is 1. The maximum Gasteiger partial charge on any atom is 0.251 e. The van der Waals surface area contributed by atoms with Gasteiger partial charge in [-0.2, -0.15) is 0 Å². The Kier molecular flexibility index (Phi) is 4.59. The van der Waals surface area contributed by atoms with Gasteiger partial charge in [0.15, 0.2) is 0 Å². The monoisotopic (exact) mass is 248 g/mol. The molecule has 0 saturated carbocycles. The van der Waals surface area contributed by atoms with Crippen LogP contribution in [0.2, 0.25) is 0 Å². The van der Waals surface area contributed by atoms with Crippen molar-refractivity contribution in [3.63, 3.8) is 0 Å². The van der Waals surface area contributed by atoms with Crippen LogP contribution in [0.4, 0.5) is 0 Å². The molecule has 1 unspecified atom stereocenters. The molecule has 0 aromatic heterocycles. The molecule has 18 heavy (non-hydrogen) atoms. The number of ether oxygens (including phenoxy) is 1. The van der Waals surface area contributed by atoms with Gasteiger partial charge in [-0.1, -0.05) is 0 Å². The predicted octanol–water partition coefficient (Wildman–Crippen LogP) is 1.42. The van der Waals surface area contributed by atoms with E-state index in [4.69, 9.17) is 4.74 Å². The fourth-order valence-corrected chi connectivity index (χ4v) is 2.10. The van der Waals surface area contributed by atoms with Gasteiger partial charge >= 0.3 is 0 Å². The van der Waals surface area contributed by atoms with Crippen molar-refractivity contribution in [3.8, 4) is 5.75 Å². The molecular weight excluding hydrogens is 228 g/mol. The van der Waals surface area contributed by atoms with Crippen LogP contribution in [0.25, 0.3) is 0 Å². The molecule has 2 N–H and O–H groups in total. The summed E-state index contributed by atoms with van der Waals surface area (Å²) in [6.07, 6.45) is 1.14. The van der Waals surface area contributed by atoms with E-state index in [1.165, 1.54) is 0 Å². The maximum absolute atomic E-state index is 11.9. The number of benzene rings is 1. The van der Waals surface area contributed by atoms with Crippen molar-refractivity contribution < 1.29 is 9.53 Å². The Labute approximate surface area is 108 Å². The van der Waals surface area contributed by atoms with Crippen LogP contribution < -0.4 is 15.4 Å². The number of nitrogens with one attached hydrogen (secondary N) is 2. The molecule has 1 aromatic rings. The smallest absolute Gasteiger partial charge is 0.251 e. The Balaban J connectivity index is 1.83. The van der Waals surface area contributed by atoms with Crippen molar-refractivity contribution in [3.05, 3.63) is 29.8 Å². The van der Waals surface area contributed by atoms with E-state index in [2.05, 4.69) is 10.6 Å². The lowest BCUT2D eigenvalue weighted by Crippen LogP contribution is -2.30. The first kappa shape index (κ1) is 12.9. The van der Waals surface area contributed by atoms with E-state index in [-0.39, 0.29) is 5.91 Å². The van der Waals surface area contributed by atoms with E-state index in [9.17, 15) is 4.79 Å². The third-order valence-electron chi connectivity index (χ3n) is 3.14. The summed E-state index contributed by atoms with van der Waals surface area (Å²) < 4.78 is 5.34. The van der Waals surface area contributed by atoms with E-state index in [0.29, 0.717) is 18.1 Å². The summed E-state index contributed by atoms with van der Waals surface area (Å²) in [5.41, 5.74) is 0.685. The van der Waals surface area contributed by atoms with Gasteiger partial charge < -0.3 is 15.4 Å². The summed E-state index contributed by atoms with van der Waals surface area (Å²) in [5, 5.41) is 6.26. The number of rotatable bonds is 5. The van der Waals surface area contributed by atoms with Crippen LogP contribution in [0, 0.1) is 5.92 Å². The molecule has 1 amide bonds. The van der Waals surface area contributed by atoms with Gasteiger partial charge in [0.25, 0.3) is 5.91 Å². The first-order chi connectivity index (χ1) is 8.79. The summed E-state index contributed by atoms with van der Waals surface area (Å²) in [6.45, 7) is 5.39. The molecule has 1 atom stereocenters. The molecule has 2 rings (SSSR count). The molecular formula is C14H20N2O2. The summed E-state index contributed by atoms with van der Waals surface area (Å²) in [7, 11) is 0. The highest BCUT2D eigenvalue weighted by Crippen LogP contribution is 2.12. The number of carbonyl (C=O) groups excluding carboxylic acids is 1.